The number of benzene rings is 3. The number of carbonyl (C=O) groups is 3. The van der Waals surface area contributed by atoms with Crippen molar-refractivity contribution in [2.45, 2.75) is 65.0 Å². The Morgan fingerprint density at radius 1 is 0.923 bits per heavy atom. The molecule has 0 radical (unpaired) electrons. The molecule has 3 aromatic carbocycles. The van der Waals surface area contributed by atoms with E-state index in [1.807, 2.05) is 107 Å². The molecule has 3 unspecified atom stereocenters. The lowest BCUT2D eigenvalue weighted by molar-refractivity contribution is -0.145. The molecule has 7 heteroatoms. The van der Waals surface area contributed by atoms with Gasteiger partial charge in [-0.05, 0) is 59.9 Å². The normalized spacial score (nSPS) is 19.7. The van der Waals surface area contributed by atoms with Gasteiger partial charge in [0.25, 0.3) is 5.91 Å². The van der Waals surface area contributed by atoms with Crippen LogP contribution in [0.2, 0.25) is 0 Å². The number of primary amides is 1. The van der Waals surface area contributed by atoms with Gasteiger partial charge in [-0.25, -0.2) is 9.80 Å². The maximum Gasteiger partial charge on any atom is 0.320 e. The van der Waals surface area contributed by atoms with E-state index >= 15 is 0 Å². The summed E-state index contributed by atoms with van der Waals surface area (Å²) in [6.07, 6.45) is 1.16. The molecule has 39 heavy (non-hydrogen) atoms. The van der Waals surface area contributed by atoms with Crippen LogP contribution in [0.15, 0.2) is 84.9 Å². The predicted molar refractivity (Wildman–Crippen MR) is 154 cm³/mol. The number of rotatable bonds is 6. The Labute approximate surface area is 231 Å². The van der Waals surface area contributed by atoms with E-state index in [4.69, 9.17) is 5.73 Å². The Kier molecular flexibility index (Phi) is 8.38. The number of hydrogen-bond donors (Lipinski definition) is 2. The van der Waals surface area contributed by atoms with Crippen molar-refractivity contribution in [3.05, 3.63) is 102 Å². The summed E-state index contributed by atoms with van der Waals surface area (Å²) in [5, 5.41) is 1.45. The third kappa shape index (κ3) is 6.85. The fourth-order valence-corrected chi connectivity index (χ4v) is 5.36. The van der Waals surface area contributed by atoms with Gasteiger partial charge in [0.1, 0.15) is 6.04 Å². The van der Waals surface area contributed by atoms with Gasteiger partial charge >= 0.3 is 6.03 Å². The van der Waals surface area contributed by atoms with Crippen LogP contribution in [0.25, 0.3) is 0 Å². The summed E-state index contributed by atoms with van der Waals surface area (Å²) in [7, 11) is 0. The highest BCUT2D eigenvalue weighted by Gasteiger charge is 2.43. The van der Waals surface area contributed by atoms with Crippen LogP contribution in [0, 0.1) is 12.3 Å². The van der Waals surface area contributed by atoms with Crippen LogP contribution in [0.3, 0.4) is 0 Å². The predicted octanol–water partition coefficient (Wildman–Crippen LogP) is 5.86. The van der Waals surface area contributed by atoms with Crippen molar-refractivity contribution in [2.75, 3.05) is 4.90 Å². The Morgan fingerprint density at radius 2 is 1.54 bits per heavy atom. The summed E-state index contributed by atoms with van der Waals surface area (Å²) in [4.78, 5) is 42.0. The maximum absolute atomic E-state index is 14.5. The lowest BCUT2D eigenvalue weighted by Gasteiger charge is -2.35. The van der Waals surface area contributed by atoms with Crippen LogP contribution in [0.1, 0.15) is 68.7 Å². The van der Waals surface area contributed by atoms with Crippen LogP contribution < -0.4 is 16.1 Å². The van der Waals surface area contributed by atoms with Gasteiger partial charge in [-0.3, -0.25) is 19.9 Å². The van der Waals surface area contributed by atoms with Crippen molar-refractivity contribution < 1.29 is 14.4 Å². The van der Waals surface area contributed by atoms with Crippen molar-refractivity contribution >= 4 is 23.5 Å². The third-order valence-corrected chi connectivity index (χ3v) is 7.07. The summed E-state index contributed by atoms with van der Waals surface area (Å²) >= 11 is 0. The summed E-state index contributed by atoms with van der Waals surface area (Å²) in [6.45, 7) is 7.86. The van der Waals surface area contributed by atoms with Crippen LogP contribution in [-0.4, -0.2) is 28.9 Å². The second kappa shape index (κ2) is 11.7. The van der Waals surface area contributed by atoms with E-state index < -0.39 is 18.1 Å². The van der Waals surface area contributed by atoms with Crippen molar-refractivity contribution in [3.8, 4) is 0 Å². The Morgan fingerprint density at radius 3 is 2.10 bits per heavy atom. The zero-order valence-electron chi connectivity index (χ0n) is 23.1. The average Bonchev–Trinajstić information content (AvgIpc) is 3.01. The van der Waals surface area contributed by atoms with E-state index in [1.54, 1.807) is 6.07 Å². The van der Waals surface area contributed by atoms with Gasteiger partial charge < -0.3 is 5.73 Å². The maximum atomic E-state index is 14.5. The first-order valence-corrected chi connectivity index (χ1v) is 13.4. The Bertz CT molecular complexity index is 1300. The van der Waals surface area contributed by atoms with Crippen molar-refractivity contribution in [3.63, 3.8) is 0 Å². The van der Waals surface area contributed by atoms with Gasteiger partial charge in [0.05, 0.1) is 6.04 Å². The van der Waals surface area contributed by atoms with Gasteiger partial charge in [0, 0.05) is 12.1 Å². The molecule has 0 aliphatic carbocycles. The molecule has 0 spiro atoms. The Hall–Kier alpha value is -4.13. The molecule has 1 saturated heterocycles. The second-order valence-corrected chi connectivity index (χ2v) is 11.5. The zero-order chi connectivity index (χ0) is 28.2. The van der Waals surface area contributed by atoms with E-state index in [9.17, 15) is 14.4 Å². The molecule has 7 nitrogen and oxygen atoms in total. The number of urea groups is 1. The number of aryl methyl sites for hydroxylation is 1. The number of carbonyl (C=O) groups excluding carboxylic acids is 3. The van der Waals surface area contributed by atoms with E-state index in [0.717, 1.165) is 16.7 Å². The molecule has 0 saturated carbocycles. The first kappa shape index (κ1) is 27.9. The van der Waals surface area contributed by atoms with Gasteiger partial charge in [0.15, 0.2) is 0 Å². The minimum atomic E-state index is -0.918. The van der Waals surface area contributed by atoms with Crippen LogP contribution in [0.4, 0.5) is 10.5 Å². The smallest absolute Gasteiger partial charge is 0.320 e. The van der Waals surface area contributed by atoms with E-state index in [1.165, 1.54) is 9.91 Å². The molecule has 3 atom stereocenters. The number of amides is 4. The summed E-state index contributed by atoms with van der Waals surface area (Å²) in [5.41, 5.74) is 12.1. The number of hydrogen-bond acceptors (Lipinski definition) is 3. The average molecular weight is 527 g/mol. The highest BCUT2D eigenvalue weighted by molar-refractivity contribution is 6.00. The van der Waals surface area contributed by atoms with Crippen LogP contribution >= 0.6 is 0 Å². The lowest BCUT2D eigenvalue weighted by Crippen LogP contribution is -2.57. The van der Waals surface area contributed by atoms with Gasteiger partial charge in [-0.1, -0.05) is 93.6 Å². The summed E-state index contributed by atoms with van der Waals surface area (Å²) in [6, 6.07) is 25.0. The van der Waals surface area contributed by atoms with Crippen LogP contribution in [0.5, 0.6) is 0 Å². The molecular weight excluding hydrogens is 488 g/mol. The minimum absolute atomic E-state index is 0.0819. The monoisotopic (exact) mass is 526 g/mol. The molecular formula is C32H38N4O3. The van der Waals surface area contributed by atoms with Crippen LogP contribution in [-0.2, 0) is 9.59 Å². The van der Waals surface area contributed by atoms with E-state index in [0.29, 0.717) is 18.5 Å². The molecule has 0 bridgehead atoms. The third-order valence-electron chi connectivity index (χ3n) is 7.07. The number of anilines is 1. The molecule has 3 N–H and O–H groups in total. The quantitative estimate of drug-likeness (QED) is 0.421. The fraction of sp³-hybridized carbons (Fsp3) is 0.344. The highest BCUT2D eigenvalue weighted by Crippen LogP contribution is 2.40. The number of nitrogens with two attached hydrogens (primary N) is 1. The van der Waals surface area contributed by atoms with Crippen molar-refractivity contribution in [2.24, 2.45) is 11.1 Å². The Balaban J connectivity index is 1.85. The first-order valence-electron chi connectivity index (χ1n) is 13.4. The molecule has 1 heterocycles. The SMILES string of the molecule is Cc1cccc(N(C(N)=O)C2CC(c3ccccc3)CC(c3ccccc3)N(NC(=O)CC(C)(C)C)C2=O)c1. The minimum Gasteiger partial charge on any atom is -0.351 e. The van der Waals surface area contributed by atoms with Crippen molar-refractivity contribution in [1.29, 1.82) is 0 Å². The first-order chi connectivity index (χ1) is 18.5. The van der Waals surface area contributed by atoms with E-state index in [-0.39, 0.29) is 29.6 Å². The standard InChI is InChI=1S/C32H38N4O3/c1-22-12-11-17-26(18-22)35(31(33)39)28-20-25(23-13-7-5-8-14-23)19-27(24-15-9-6-10-16-24)36(30(28)38)34-29(37)21-32(2,3)4/h5-18,25,27-28H,19-21H2,1-4H3,(H2,33,39)(H,34,37). The molecule has 1 aliphatic heterocycles. The summed E-state index contributed by atoms with van der Waals surface area (Å²) < 4.78 is 0. The number of hydrazine groups is 1. The molecule has 1 fully saturated rings. The molecule has 4 amide bonds. The largest absolute Gasteiger partial charge is 0.351 e. The van der Waals surface area contributed by atoms with Gasteiger partial charge in [0.2, 0.25) is 5.91 Å². The molecule has 1 aliphatic rings. The van der Waals surface area contributed by atoms with Crippen molar-refractivity contribution in [1.82, 2.24) is 10.4 Å². The van der Waals surface area contributed by atoms with Gasteiger partial charge in [-0.15, -0.1) is 0 Å². The lowest BCUT2D eigenvalue weighted by atomic mass is 9.86. The topological polar surface area (TPSA) is 95.7 Å². The van der Waals surface area contributed by atoms with Gasteiger partial charge in [-0.2, -0.15) is 0 Å². The highest BCUT2D eigenvalue weighted by atomic mass is 16.2. The second-order valence-electron chi connectivity index (χ2n) is 11.5. The molecule has 204 valence electrons. The molecule has 3 aromatic rings. The van der Waals surface area contributed by atoms with E-state index in [2.05, 4.69) is 5.43 Å². The number of nitrogens with one attached hydrogen (secondary N) is 1. The zero-order valence-corrected chi connectivity index (χ0v) is 23.1. The fourth-order valence-electron chi connectivity index (χ4n) is 5.36. The summed E-state index contributed by atoms with van der Waals surface area (Å²) in [5.74, 6) is -0.707. The number of nitrogens with zero attached hydrogens (tertiary/aromatic N) is 2. The molecule has 0 aromatic heterocycles. The molecule has 4 rings (SSSR count).